The molecule has 3 heteroatoms. The Labute approximate surface area is 72.1 Å². The molecular formula is C9H13N3. The molecule has 0 unspecified atom stereocenters. The number of anilines is 1. The highest BCUT2D eigenvalue weighted by molar-refractivity contribution is 5.62. The summed E-state index contributed by atoms with van der Waals surface area (Å²) in [6.07, 6.45) is 8.22. The molecule has 0 saturated carbocycles. The van der Waals surface area contributed by atoms with E-state index < -0.39 is 0 Å². The van der Waals surface area contributed by atoms with Crippen LogP contribution in [0, 0.1) is 0 Å². The van der Waals surface area contributed by atoms with Crippen LogP contribution in [0.1, 0.15) is 12.0 Å². The van der Waals surface area contributed by atoms with Gasteiger partial charge in [-0.25, -0.2) is 0 Å². The van der Waals surface area contributed by atoms with Gasteiger partial charge in [-0.1, -0.05) is 12.2 Å². The lowest BCUT2D eigenvalue weighted by Crippen LogP contribution is -1.95. The molecule has 1 aromatic rings. The van der Waals surface area contributed by atoms with Crippen LogP contribution in [0.3, 0.4) is 0 Å². The number of nitrogens with two attached hydrogens (primary N) is 2. The van der Waals surface area contributed by atoms with Crippen LogP contribution in [0.15, 0.2) is 24.5 Å². The number of nitrogen functional groups attached to an aromatic ring is 1. The summed E-state index contributed by atoms with van der Waals surface area (Å²) < 4.78 is 0. The van der Waals surface area contributed by atoms with Crippen LogP contribution < -0.4 is 11.5 Å². The number of hydrogen-bond donors (Lipinski definition) is 2. The largest absolute Gasteiger partial charge is 0.398 e. The van der Waals surface area contributed by atoms with Gasteiger partial charge in [0, 0.05) is 23.6 Å². The van der Waals surface area contributed by atoms with Crippen molar-refractivity contribution in [1.29, 1.82) is 0 Å². The van der Waals surface area contributed by atoms with E-state index in [0.29, 0.717) is 6.54 Å². The summed E-state index contributed by atoms with van der Waals surface area (Å²) >= 11 is 0. The van der Waals surface area contributed by atoms with Crippen LogP contribution in [0.25, 0.3) is 6.08 Å². The lowest BCUT2D eigenvalue weighted by Gasteiger charge is -1.96. The molecule has 0 amide bonds. The van der Waals surface area contributed by atoms with E-state index in [9.17, 15) is 0 Å². The lowest BCUT2D eigenvalue weighted by atomic mass is 10.2. The molecule has 1 aromatic heterocycles. The Hall–Kier alpha value is -1.35. The van der Waals surface area contributed by atoms with Gasteiger partial charge in [0.1, 0.15) is 0 Å². The lowest BCUT2D eigenvalue weighted by molar-refractivity contribution is 1.01. The molecule has 0 radical (unpaired) electrons. The SMILES string of the molecule is NCC/C=C/c1cnccc1N. The van der Waals surface area contributed by atoms with Crippen LogP contribution in [-0.2, 0) is 0 Å². The van der Waals surface area contributed by atoms with Crippen molar-refractivity contribution in [2.75, 3.05) is 12.3 Å². The smallest absolute Gasteiger partial charge is 0.0418 e. The molecule has 0 bridgehead atoms. The van der Waals surface area contributed by atoms with Crippen LogP contribution in [0.5, 0.6) is 0 Å². The predicted octanol–water partition coefficient (Wildman–Crippen LogP) is 1.03. The number of hydrogen-bond acceptors (Lipinski definition) is 3. The van der Waals surface area contributed by atoms with Gasteiger partial charge in [-0.3, -0.25) is 4.98 Å². The van der Waals surface area contributed by atoms with Gasteiger partial charge in [0.25, 0.3) is 0 Å². The number of nitrogens with zero attached hydrogens (tertiary/aromatic N) is 1. The minimum absolute atomic E-state index is 0.663. The normalized spacial score (nSPS) is 10.8. The van der Waals surface area contributed by atoms with Crippen molar-refractivity contribution in [2.45, 2.75) is 6.42 Å². The second-order valence-corrected chi connectivity index (χ2v) is 2.48. The average Bonchev–Trinajstić information content (AvgIpc) is 2.09. The van der Waals surface area contributed by atoms with Crippen molar-refractivity contribution >= 4 is 11.8 Å². The summed E-state index contributed by atoms with van der Waals surface area (Å²) in [6, 6.07) is 1.78. The minimum Gasteiger partial charge on any atom is -0.398 e. The monoisotopic (exact) mass is 163 g/mol. The Morgan fingerprint density at radius 1 is 1.50 bits per heavy atom. The molecule has 0 spiro atoms. The molecule has 1 rings (SSSR count). The summed E-state index contributed by atoms with van der Waals surface area (Å²) in [4.78, 5) is 3.96. The maximum atomic E-state index is 5.68. The van der Waals surface area contributed by atoms with Gasteiger partial charge in [-0.2, -0.15) is 0 Å². The van der Waals surface area contributed by atoms with Crippen LogP contribution in [0.2, 0.25) is 0 Å². The number of rotatable bonds is 3. The first kappa shape index (κ1) is 8.74. The van der Waals surface area contributed by atoms with Crippen LogP contribution >= 0.6 is 0 Å². The van der Waals surface area contributed by atoms with Gasteiger partial charge in [-0.05, 0) is 19.0 Å². The highest BCUT2D eigenvalue weighted by atomic mass is 14.7. The molecule has 64 valence electrons. The molecule has 0 aliphatic heterocycles. The highest BCUT2D eigenvalue weighted by Crippen LogP contribution is 2.10. The second kappa shape index (κ2) is 4.51. The van der Waals surface area contributed by atoms with Crippen molar-refractivity contribution in [3.63, 3.8) is 0 Å². The van der Waals surface area contributed by atoms with Crippen LogP contribution in [0.4, 0.5) is 5.69 Å². The van der Waals surface area contributed by atoms with Gasteiger partial charge in [0.05, 0.1) is 0 Å². The Bertz CT molecular complexity index is 268. The molecule has 0 saturated heterocycles. The maximum absolute atomic E-state index is 5.68. The van der Waals surface area contributed by atoms with Crippen LogP contribution in [-0.4, -0.2) is 11.5 Å². The zero-order valence-electron chi connectivity index (χ0n) is 6.90. The molecule has 0 fully saturated rings. The summed E-state index contributed by atoms with van der Waals surface area (Å²) in [6.45, 7) is 0.663. The van der Waals surface area contributed by atoms with E-state index in [1.54, 1.807) is 18.5 Å². The summed E-state index contributed by atoms with van der Waals surface area (Å²) in [5.74, 6) is 0. The fourth-order valence-corrected chi connectivity index (χ4v) is 0.863. The second-order valence-electron chi connectivity index (χ2n) is 2.48. The number of aromatic nitrogens is 1. The van der Waals surface area contributed by atoms with E-state index in [1.165, 1.54) is 0 Å². The third kappa shape index (κ3) is 2.36. The fraction of sp³-hybridized carbons (Fsp3) is 0.222. The van der Waals surface area contributed by atoms with E-state index in [0.717, 1.165) is 17.7 Å². The molecule has 12 heavy (non-hydrogen) atoms. The summed E-state index contributed by atoms with van der Waals surface area (Å²) in [5.41, 5.74) is 12.7. The quantitative estimate of drug-likeness (QED) is 0.699. The molecule has 0 aliphatic rings. The Morgan fingerprint density at radius 3 is 3.00 bits per heavy atom. The van der Waals surface area contributed by atoms with Crippen molar-refractivity contribution in [1.82, 2.24) is 4.98 Å². The predicted molar refractivity (Wildman–Crippen MR) is 51.4 cm³/mol. The molecule has 0 aromatic carbocycles. The summed E-state index contributed by atoms with van der Waals surface area (Å²) in [5, 5.41) is 0. The molecule has 0 atom stereocenters. The zero-order valence-corrected chi connectivity index (χ0v) is 6.90. The molecule has 0 aliphatic carbocycles. The van der Waals surface area contributed by atoms with Crippen molar-refractivity contribution in [2.24, 2.45) is 5.73 Å². The van der Waals surface area contributed by atoms with E-state index in [4.69, 9.17) is 11.5 Å². The molecular weight excluding hydrogens is 150 g/mol. The summed E-state index contributed by atoms with van der Waals surface area (Å²) in [7, 11) is 0. The molecule has 3 nitrogen and oxygen atoms in total. The third-order valence-electron chi connectivity index (χ3n) is 1.52. The first-order valence-corrected chi connectivity index (χ1v) is 3.90. The van der Waals surface area contributed by atoms with Gasteiger partial charge >= 0.3 is 0 Å². The van der Waals surface area contributed by atoms with Gasteiger partial charge in [0.2, 0.25) is 0 Å². The fourth-order valence-electron chi connectivity index (χ4n) is 0.863. The van der Waals surface area contributed by atoms with Crippen molar-refractivity contribution in [3.05, 3.63) is 30.1 Å². The van der Waals surface area contributed by atoms with Crippen molar-refractivity contribution in [3.8, 4) is 0 Å². The van der Waals surface area contributed by atoms with Gasteiger partial charge in [-0.15, -0.1) is 0 Å². The van der Waals surface area contributed by atoms with Crippen molar-refractivity contribution < 1.29 is 0 Å². The minimum atomic E-state index is 0.663. The third-order valence-corrected chi connectivity index (χ3v) is 1.52. The Morgan fingerprint density at radius 2 is 2.33 bits per heavy atom. The molecule has 4 N–H and O–H groups in total. The van der Waals surface area contributed by atoms with E-state index >= 15 is 0 Å². The first-order valence-electron chi connectivity index (χ1n) is 3.90. The Kier molecular flexibility index (Phi) is 3.29. The number of pyridine rings is 1. The maximum Gasteiger partial charge on any atom is 0.0418 e. The topological polar surface area (TPSA) is 64.9 Å². The average molecular weight is 163 g/mol. The zero-order chi connectivity index (χ0) is 8.81. The van der Waals surface area contributed by atoms with E-state index in [-0.39, 0.29) is 0 Å². The Balaban J connectivity index is 2.68. The molecule has 1 heterocycles. The first-order chi connectivity index (χ1) is 5.84. The van der Waals surface area contributed by atoms with E-state index in [2.05, 4.69) is 4.98 Å². The van der Waals surface area contributed by atoms with E-state index in [1.807, 2.05) is 12.2 Å². The van der Waals surface area contributed by atoms with Gasteiger partial charge in [0.15, 0.2) is 0 Å². The van der Waals surface area contributed by atoms with Gasteiger partial charge < -0.3 is 11.5 Å². The standard InChI is InChI=1S/C9H13N3/c10-5-2-1-3-8-7-12-6-4-9(8)11/h1,3-4,6-7H,2,5,10H2,(H2,11,12)/b3-1+. The highest BCUT2D eigenvalue weighted by Gasteiger charge is 1.90.